The van der Waals surface area contributed by atoms with Crippen molar-refractivity contribution in [2.24, 2.45) is 0 Å². The Labute approximate surface area is 151 Å². The van der Waals surface area contributed by atoms with E-state index >= 15 is 0 Å². The Morgan fingerprint density at radius 1 is 1.27 bits per heavy atom. The van der Waals surface area contributed by atoms with Crippen molar-refractivity contribution in [3.63, 3.8) is 0 Å². The first kappa shape index (κ1) is 18.1. The van der Waals surface area contributed by atoms with E-state index < -0.39 is 0 Å². The van der Waals surface area contributed by atoms with Crippen LogP contribution >= 0.6 is 0 Å². The van der Waals surface area contributed by atoms with Crippen molar-refractivity contribution in [2.75, 3.05) is 25.1 Å². The van der Waals surface area contributed by atoms with E-state index in [1.165, 1.54) is 6.07 Å². The van der Waals surface area contributed by atoms with Gasteiger partial charge in [-0.05, 0) is 38.0 Å². The van der Waals surface area contributed by atoms with Crippen LogP contribution in [0.25, 0.3) is 11.3 Å². The molecule has 1 aliphatic heterocycles. The van der Waals surface area contributed by atoms with Crippen molar-refractivity contribution in [1.29, 1.82) is 0 Å². The van der Waals surface area contributed by atoms with Gasteiger partial charge in [-0.1, -0.05) is 0 Å². The zero-order valence-corrected chi connectivity index (χ0v) is 14.8. The maximum absolute atomic E-state index is 11.9. The summed E-state index contributed by atoms with van der Waals surface area (Å²) >= 11 is 0. The minimum Gasteiger partial charge on any atom is -0.381 e. The number of nitrogens with zero attached hydrogens (tertiary/aromatic N) is 3. The molecule has 8 nitrogen and oxygen atoms in total. The van der Waals surface area contributed by atoms with Gasteiger partial charge in [-0.15, -0.1) is 0 Å². The average molecular weight is 357 g/mol. The van der Waals surface area contributed by atoms with Gasteiger partial charge in [0.15, 0.2) is 0 Å². The van der Waals surface area contributed by atoms with Crippen LogP contribution in [0.5, 0.6) is 0 Å². The summed E-state index contributed by atoms with van der Waals surface area (Å²) in [6.07, 6.45) is 3.65. The minimum absolute atomic E-state index is 0.0999. The molecule has 8 heteroatoms. The molecule has 0 unspecified atom stereocenters. The van der Waals surface area contributed by atoms with E-state index in [2.05, 4.69) is 20.7 Å². The Balaban J connectivity index is 1.72. The Morgan fingerprint density at radius 3 is 2.77 bits per heavy atom. The van der Waals surface area contributed by atoms with E-state index in [0.717, 1.165) is 42.1 Å². The molecule has 0 aromatic carbocycles. The Kier molecular flexibility index (Phi) is 5.96. The number of aromatic nitrogens is 3. The largest absolute Gasteiger partial charge is 0.381 e. The molecule has 1 amide bonds. The SMILES string of the molecule is CCNC(=O)Cn1nc(-c2ccc(NC3CCOCC3)nc2)ccc1=O. The van der Waals surface area contributed by atoms with Crippen molar-refractivity contribution in [1.82, 2.24) is 20.1 Å². The number of anilines is 1. The Bertz CT molecular complexity index is 797. The summed E-state index contributed by atoms with van der Waals surface area (Å²) in [7, 11) is 0. The lowest BCUT2D eigenvalue weighted by molar-refractivity contribution is -0.121. The number of hydrogen-bond donors (Lipinski definition) is 2. The molecule has 0 bridgehead atoms. The number of rotatable bonds is 6. The summed E-state index contributed by atoms with van der Waals surface area (Å²) in [5, 5.41) is 10.3. The van der Waals surface area contributed by atoms with Gasteiger partial charge in [0, 0.05) is 43.6 Å². The Morgan fingerprint density at radius 2 is 2.08 bits per heavy atom. The van der Waals surface area contributed by atoms with Crippen LogP contribution in [-0.2, 0) is 16.1 Å². The van der Waals surface area contributed by atoms with Crippen LogP contribution in [0.2, 0.25) is 0 Å². The van der Waals surface area contributed by atoms with E-state index in [1.807, 2.05) is 19.1 Å². The molecule has 0 spiro atoms. The molecule has 3 rings (SSSR count). The first-order chi connectivity index (χ1) is 12.7. The van der Waals surface area contributed by atoms with Gasteiger partial charge >= 0.3 is 0 Å². The molecule has 2 aromatic rings. The van der Waals surface area contributed by atoms with Gasteiger partial charge in [-0.25, -0.2) is 9.67 Å². The molecule has 0 atom stereocenters. The molecule has 1 saturated heterocycles. The van der Waals surface area contributed by atoms with E-state index in [9.17, 15) is 9.59 Å². The lowest BCUT2D eigenvalue weighted by Gasteiger charge is -2.23. The highest BCUT2D eigenvalue weighted by Gasteiger charge is 2.14. The van der Waals surface area contributed by atoms with Gasteiger partial charge < -0.3 is 15.4 Å². The number of pyridine rings is 1. The maximum atomic E-state index is 11.9. The second kappa shape index (κ2) is 8.57. The van der Waals surface area contributed by atoms with E-state index in [1.54, 1.807) is 12.3 Å². The first-order valence-electron chi connectivity index (χ1n) is 8.81. The second-order valence-corrected chi connectivity index (χ2v) is 6.13. The van der Waals surface area contributed by atoms with E-state index in [0.29, 0.717) is 18.3 Å². The third-order valence-corrected chi connectivity index (χ3v) is 4.17. The molecular formula is C18H23N5O3. The molecule has 26 heavy (non-hydrogen) atoms. The number of likely N-dealkylation sites (N-methyl/N-ethyl adjacent to an activating group) is 1. The highest BCUT2D eigenvalue weighted by molar-refractivity contribution is 5.75. The molecule has 2 aromatic heterocycles. The van der Waals surface area contributed by atoms with Gasteiger partial charge in [0.2, 0.25) is 5.91 Å². The predicted octanol–water partition coefficient (Wildman–Crippen LogP) is 1.03. The fourth-order valence-corrected chi connectivity index (χ4v) is 2.79. The summed E-state index contributed by atoms with van der Waals surface area (Å²) in [5.74, 6) is 0.560. The van der Waals surface area contributed by atoms with Crippen molar-refractivity contribution in [2.45, 2.75) is 32.4 Å². The van der Waals surface area contributed by atoms with Crippen LogP contribution < -0.4 is 16.2 Å². The molecular weight excluding hydrogens is 334 g/mol. The summed E-state index contributed by atoms with van der Waals surface area (Å²) in [6.45, 7) is 3.78. The monoisotopic (exact) mass is 357 g/mol. The van der Waals surface area contributed by atoms with Gasteiger partial charge in [-0.2, -0.15) is 5.10 Å². The Hall–Kier alpha value is -2.74. The quantitative estimate of drug-likeness (QED) is 0.801. The van der Waals surface area contributed by atoms with E-state index in [4.69, 9.17) is 4.74 Å². The normalized spacial score (nSPS) is 14.8. The number of carbonyl (C=O) groups is 1. The number of carbonyl (C=O) groups excluding carboxylic acids is 1. The van der Waals surface area contributed by atoms with Crippen molar-refractivity contribution in [3.05, 3.63) is 40.8 Å². The number of nitrogens with one attached hydrogen (secondary N) is 2. The summed E-state index contributed by atoms with van der Waals surface area (Å²) < 4.78 is 6.51. The van der Waals surface area contributed by atoms with Gasteiger partial charge in [0.1, 0.15) is 12.4 Å². The molecule has 0 saturated carbocycles. The van der Waals surface area contributed by atoms with Crippen LogP contribution in [0.4, 0.5) is 5.82 Å². The van der Waals surface area contributed by atoms with Gasteiger partial charge in [0.05, 0.1) is 5.69 Å². The summed E-state index contributed by atoms with van der Waals surface area (Å²) in [4.78, 5) is 28.0. The van der Waals surface area contributed by atoms with Crippen LogP contribution in [0, 0.1) is 0 Å². The first-order valence-corrected chi connectivity index (χ1v) is 8.81. The highest BCUT2D eigenvalue weighted by atomic mass is 16.5. The van der Waals surface area contributed by atoms with Crippen LogP contribution in [-0.4, -0.2) is 46.5 Å². The summed E-state index contributed by atoms with van der Waals surface area (Å²) in [6, 6.07) is 7.22. The van der Waals surface area contributed by atoms with Crippen molar-refractivity contribution >= 4 is 11.7 Å². The van der Waals surface area contributed by atoms with E-state index in [-0.39, 0.29) is 18.0 Å². The third-order valence-electron chi connectivity index (χ3n) is 4.17. The molecule has 1 fully saturated rings. The van der Waals surface area contributed by atoms with Crippen molar-refractivity contribution < 1.29 is 9.53 Å². The van der Waals surface area contributed by atoms with Crippen LogP contribution in [0.15, 0.2) is 35.3 Å². The lowest BCUT2D eigenvalue weighted by atomic mass is 10.1. The molecule has 3 heterocycles. The van der Waals surface area contributed by atoms with Gasteiger partial charge in [-0.3, -0.25) is 9.59 Å². The fourth-order valence-electron chi connectivity index (χ4n) is 2.79. The zero-order valence-electron chi connectivity index (χ0n) is 14.8. The fraction of sp³-hybridized carbons (Fsp3) is 0.444. The number of ether oxygens (including phenoxy) is 1. The highest BCUT2D eigenvalue weighted by Crippen LogP contribution is 2.18. The standard InChI is InChI=1S/C18H23N5O3/c1-2-19-17(24)12-23-18(25)6-4-15(22-23)13-3-5-16(20-11-13)21-14-7-9-26-10-8-14/h3-6,11,14H,2,7-10,12H2,1H3,(H,19,24)(H,20,21). The average Bonchev–Trinajstić information content (AvgIpc) is 2.65. The maximum Gasteiger partial charge on any atom is 0.267 e. The minimum atomic E-state index is -0.314. The zero-order chi connectivity index (χ0) is 18.4. The number of hydrogen-bond acceptors (Lipinski definition) is 6. The van der Waals surface area contributed by atoms with Crippen LogP contribution in [0.3, 0.4) is 0 Å². The van der Waals surface area contributed by atoms with Gasteiger partial charge in [0.25, 0.3) is 5.56 Å². The summed E-state index contributed by atoms with van der Waals surface area (Å²) in [5.41, 5.74) is 1.07. The third kappa shape index (κ3) is 4.66. The topological polar surface area (TPSA) is 98.1 Å². The number of amides is 1. The van der Waals surface area contributed by atoms with Crippen molar-refractivity contribution in [3.8, 4) is 11.3 Å². The smallest absolute Gasteiger partial charge is 0.267 e. The lowest BCUT2D eigenvalue weighted by Crippen LogP contribution is -2.33. The molecule has 2 N–H and O–H groups in total. The molecule has 0 aliphatic carbocycles. The molecule has 0 radical (unpaired) electrons. The molecule has 138 valence electrons. The molecule has 1 aliphatic rings. The predicted molar refractivity (Wildman–Crippen MR) is 97.9 cm³/mol. The van der Waals surface area contributed by atoms with Crippen LogP contribution in [0.1, 0.15) is 19.8 Å². The second-order valence-electron chi connectivity index (χ2n) is 6.13.